The molecule has 0 unspecified atom stereocenters. The van der Waals surface area contributed by atoms with Gasteiger partial charge in [0.1, 0.15) is 5.58 Å². The lowest BCUT2D eigenvalue weighted by atomic mass is 10.1. The van der Waals surface area contributed by atoms with Crippen LogP contribution in [0.25, 0.3) is 76.9 Å². The fourth-order valence-electron chi connectivity index (χ4n) is 7.48. The van der Waals surface area contributed by atoms with Gasteiger partial charge in [0.2, 0.25) is 9.84 Å². The Morgan fingerprint density at radius 3 is 1.82 bits per heavy atom. The number of furan rings is 1. The number of rotatable bonds is 4. The molecule has 0 spiro atoms. The van der Waals surface area contributed by atoms with Crippen LogP contribution in [0.2, 0.25) is 0 Å². The molecule has 10 aromatic rings. The smallest absolute Gasteiger partial charge is 0.206 e. The molecule has 0 bridgehead atoms. The minimum Gasteiger partial charge on any atom is -0.454 e. The number of para-hydroxylation sites is 3. The fourth-order valence-corrected chi connectivity index (χ4v) is 8.74. The van der Waals surface area contributed by atoms with E-state index in [1.807, 2.05) is 42.5 Å². The van der Waals surface area contributed by atoms with Gasteiger partial charge in [-0.3, -0.25) is 0 Å². The second kappa shape index (κ2) is 10.4. The number of hydrogen-bond donors (Lipinski definition) is 0. The Bertz CT molecular complexity index is 3150. The summed E-state index contributed by atoms with van der Waals surface area (Å²) in [5, 5.41) is 15.6. The lowest BCUT2D eigenvalue weighted by molar-refractivity contribution is 0.596. The van der Waals surface area contributed by atoms with Crippen molar-refractivity contribution >= 4 is 75.4 Å². The van der Waals surface area contributed by atoms with Crippen LogP contribution in [0.5, 0.6) is 0 Å². The zero-order valence-electron chi connectivity index (χ0n) is 26.4. The molecule has 10 rings (SSSR count). The van der Waals surface area contributed by atoms with Crippen LogP contribution in [-0.2, 0) is 9.84 Å². The van der Waals surface area contributed by atoms with E-state index in [2.05, 4.69) is 88.0 Å². The molecule has 6 nitrogen and oxygen atoms in total. The molecule has 0 amide bonds. The molecule has 3 aromatic heterocycles. The largest absolute Gasteiger partial charge is 0.454 e. The summed E-state index contributed by atoms with van der Waals surface area (Å²) in [6, 6.07) is 50.8. The highest BCUT2D eigenvalue weighted by Gasteiger charge is 2.23. The van der Waals surface area contributed by atoms with E-state index in [4.69, 9.17) is 4.42 Å². The van der Waals surface area contributed by atoms with Gasteiger partial charge in [0.15, 0.2) is 5.58 Å². The Labute approximate surface area is 286 Å². The summed E-state index contributed by atoms with van der Waals surface area (Å²) < 4.78 is 38.3. The van der Waals surface area contributed by atoms with E-state index in [9.17, 15) is 13.7 Å². The predicted octanol–water partition coefficient (Wildman–Crippen LogP) is 10.5. The lowest BCUT2D eigenvalue weighted by Crippen LogP contribution is -2.03. The van der Waals surface area contributed by atoms with Crippen LogP contribution in [0.15, 0.2) is 166 Å². The number of benzene rings is 7. The van der Waals surface area contributed by atoms with Gasteiger partial charge in [-0.25, -0.2) is 8.42 Å². The molecular formula is C43H25N3O3S. The van der Waals surface area contributed by atoms with Gasteiger partial charge in [-0.1, -0.05) is 60.7 Å². The van der Waals surface area contributed by atoms with Crippen molar-refractivity contribution in [3.8, 4) is 17.4 Å². The average molecular weight is 664 g/mol. The van der Waals surface area contributed by atoms with Gasteiger partial charge in [-0.2, -0.15) is 5.26 Å². The van der Waals surface area contributed by atoms with Crippen LogP contribution in [0.4, 0.5) is 0 Å². The average Bonchev–Trinajstić information content (AvgIpc) is 3.82. The van der Waals surface area contributed by atoms with Gasteiger partial charge in [-0.15, -0.1) is 0 Å². The maximum atomic E-state index is 13.6. The molecule has 0 aliphatic heterocycles. The number of nitrogens with zero attached hydrogens (tertiary/aromatic N) is 3. The summed E-state index contributed by atoms with van der Waals surface area (Å²) in [6.45, 7) is 0. The first-order valence-corrected chi connectivity index (χ1v) is 17.7. The summed E-state index contributed by atoms with van der Waals surface area (Å²) in [4.78, 5) is 0.316. The van der Waals surface area contributed by atoms with Crippen LogP contribution in [0.3, 0.4) is 0 Å². The van der Waals surface area contributed by atoms with Crippen LogP contribution < -0.4 is 0 Å². The molecule has 0 fully saturated rings. The third-order valence-electron chi connectivity index (χ3n) is 9.78. The Hall–Kier alpha value is -6.62. The third kappa shape index (κ3) is 3.97. The first-order valence-electron chi connectivity index (χ1n) is 16.2. The van der Waals surface area contributed by atoms with Crippen LogP contribution in [-0.4, -0.2) is 17.6 Å². The van der Waals surface area contributed by atoms with E-state index >= 15 is 0 Å². The van der Waals surface area contributed by atoms with Crippen molar-refractivity contribution in [1.82, 2.24) is 9.13 Å². The van der Waals surface area contributed by atoms with Gasteiger partial charge >= 0.3 is 0 Å². The highest BCUT2D eigenvalue weighted by atomic mass is 32.2. The molecule has 7 aromatic carbocycles. The Morgan fingerprint density at radius 2 is 1.08 bits per heavy atom. The molecule has 0 saturated carbocycles. The van der Waals surface area contributed by atoms with Gasteiger partial charge < -0.3 is 13.6 Å². The predicted molar refractivity (Wildman–Crippen MR) is 199 cm³/mol. The Balaban J connectivity index is 1.28. The van der Waals surface area contributed by atoms with Crippen molar-refractivity contribution in [3.05, 3.63) is 157 Å². The quantitative estimate of drug-likeness (QED) is 0.188. The monoisotopic (exact) mass is 663 g/mol. The molecule has 50 heavy (non-hydrogen) atoms. The summed E-state index contributed by atoms with van der Waals surface area (Å²) >= 11 is 0. The number of aromatic nitrogens is 2. The van der Waals surface area contributed by atoms with Gasteiger partial charge in [0.05, 0.1) is 43.5 Å². The molecule has 0 radical (unpaired) electrons. The fraction of sp³-hybridized carbons (Fsp3) is 0. The zero-order valence-corrected chi connectivity index (χ0v) is 27.2. The Kier molecular flexibility index (Phi) is 5.93. The van der Waals surface area contributed by atoms with E-state index in [0.29, 0.717) is 5.56 Å². The summed E-state index contributed by atoms with van der Waals surface area (Å²) in [5.41, 5.74) is 7.99. The number of sulfone groups is 1. The van der Waals surface area contributed by atoms with Gasteiger partial charge in [-0.05, 0) is 91.0 Å². The van der Waals surface area contributed by atoms with Crippen molar-refractivity contribution in [2.75, 3.05) is 0 Å². The third-order valence-corrected chi connectivity index (χ3v) is 11.6. The lowest BCUT2D eigenvalue weighted by Gasteiger charge is -2.11. The first-order chi connectivity index (χ1) is 24.5. The SMILES string of the molecule is N#Cc1ccc(S(=O)(=O)c2ccc(-n3c4cc5c6ccccc6n(-c6ccccc6)c5cc4c4ccc5c6ccccc6oc5c43)cc2)cc1. The molecular weight excluding hydrogens is 639 g/mol. The van der Waals surface area contributed by atoms with Crippen LogP contribution in [0.1, 0.15) is 5.56 Å². The van der Waals surface area contributed by atoms with E-state index in [1.54, 1.807) is 12.1 Å². The van der Waals surface area contributed by atoms with Gasteiger partial charge in [0, 0.05) is 43.7 Å². The second-order valence-electron chi connectivity index (χ2n) is 12.5. The van der Waals surface area contributed by atoms with Gasteiger partial charge in [0.25, 0.3) is 0 Å². The Morgan fingerprint density at radius 1 is 0.500 bits per heavy atom. The van der Waals surface area contributed by atoms with Crippen molar-refractivity contribution in [2.45, 2.75) is 9.79 Å². The summed E-state index contributed by atoms with van der Waals surface area (Å²) in [6.07, 6.45) is 0. The molecule has 7 heteroatoms. The molecule has 0 atom stereocenters. The molecule has 236 valence electrons. The zero-order chi connectivity index (χ0) is 33.6. The molecule has 3 heterocycles. The minimum atomic E-state index is -3.80. The van der Waals surface area contributed by atoms with E-state index in [1.165, 1.54) is 24.3 Å². The van der Waals surface area contributed by atoms with E-state index < -0.39 is 9.84 Å². The molecule has 0 aliphatic rings. The maximum Gasteiger partial charge on any atom is 0.206 e. The second-order valence-corrected chi connectivity index (χ2v) is 14.4. The standard InChI is InChI=1S/C43H25N3O3S/c44-26-27-14-18-30(19-15-27)50(47,48)31-20-16-29(17-21-31)46-40-24-36-32-10-4-6-12-38(32)45(28-8-2-1-3-9-28)39(36)25-37(40)34-22-23-35-33-11-5-7-13-41(33)49-43(35)42(34)46/h1-25H. The van der Waals surface area contributed by atoms with Crippen LogP contribution in [0, 0.1) is 11.3 Å². The summed E-state index contributed by atoms with van der Waals surface area (Å²) in [5.74, 6) is 0. The van der Waals surface area contributed by atoms with Crippen molar-refractivity contribution in [2.24, 2.45) is 0 Å². The number of fused-ring (bicyclic) bond motifs is 10. The molecule has 0 N–H and O–H groups in total. The number of nitriles is 1. The maximum absolute atomic E-state index is 13.6. The van der Waals surface area contributed by atoms with Crippen molar-refractivity contribution < 1.29 is 12.8 Å². The molecule has 0 saturated heterocycles. The van der Waals surface area contributed by atoms with E-state index in [-0.39, 0.29) is 9.79 Å². The first kappa shape index (κ1) is 28.4. The van der Waals surface area contributed by atoms with Crippen LogP contribution >= 0.6 is 0 Å². The highest BCUT2D eigenvalue weighted by molar-refractivity contribution is 7.91. The summed E-state index contributed by atoms with van der Waals surface area (Å²) in [7, 11) is -3.80. The van der Waals surface area contributed by atoms with Crippen molar-refractivity contribution in [1.29, 1.82) is 5.26 Å². The minimum absolute atomic E-state index is 0.141. The number of hydrogen-bond acceptors (Lipinski definition) is 4. The molecule has 0 aliphatic carbocycles. The normalized spacial score (nSPS) is 12.1. The topological polar surface area (TPSA) is 80.9 Å². The van der Waals surface area contributed by atoms with E-state index in [0.717, 1.165) is 76.9 Å². The highest BCUT2D eigenvalue weighted by Crippen LogP contribution is 2.43. The van der Waals surface area contributed by atoms with Crippen molar-refractivity contribution in [3.63, 3.8) is 0 Å².